The normalized spacial score (nSPS) is 9.47. The Hall–Kier alpha value is -2.06. The Morgan fingerprint density at radius 1 is 1.37 bits per heavy atom. The number of hydrogen-bond donors (Lipinski definition) is 2. The number of fused-ring (bicyclic) bond motifs is 1. The van der Waals surface area contributed by atoms with Crippen molar-refractivity contribution in [1.82, 2.24) is 19.9 Å². The van der Waals surface area contributed by atoms with Crippen molar-refractivity contribution in [2.45, 2.75) is 20.8 Å². The first-order valence-corrected chi connectivity index (χ1v) is 6.49. The molecule has 19 heavy (non-hydrogen) atoms. The van der Waals surface area contributed by atoms with Gasteiger partial charge in [0.05, 0.1) is 17.5 Å². The highest BCUT2D eigenvalue weighted by molar-refractivity contribution is 5.92. The first-order valence-electron chi connectivity index (χ1n) is 6.49. The van der Waals surface area contributed by atoms with E-state index in [1.54, 1.807) is 0 Å². The third-order valence-electron chi connectivity index (χ3n) is 2.47. The third-order valence-corrected chi connectivity index (χ3v) is 2.47. The molecule has 5 heteroatoms. The molecule has 0 saturated carbocycles. The van der Waals surface area contributed by atoms with Gasteiger partial charge in [-0.2, -0.15) is 0 Å². The summed E-state index contributed by atoms with van der Waals surface area (Å²) in [5, 5.41) is 3.98. The van der Waals surface area contributed by atoms with Gasteiger partial charge in [0.1, 0.15) is 17.8 Å². The number of anilines is 1. The van der Waals surface area contributed by atoms with Crippen LogP contribution in [0.25, 0.3) is 11.0 Å². The van der Waals surface area contributed by atoms with Gasteiger partial charge < -0.3 is 15.6 Å². The quantitative estimate of drug-likeness (QED) is 0.634. The van der Waals surface area contributed by atoms with Crippen LogP contribution in [0.15, 0.2) is 12.5 Å². The lowest BCUT2D eigenvalue weighted by atomic mass is 10.2. The van der Waals surface area contributed by atoms with Gasteiger partial charge in [-0.1, -0.05) is 32.6 Å². The van der Waals surface area contributed by atoms with Crippen molar-refractivity contribution in [3.63, 3.8) is 0 Å². The monoisotopic (exact) mass is 259 g/mol. The molecule has 2 rings (SSSR count). The minimum absolute atomic E-state index is 0.475. The zero-order valence-electron chi connectivity index (χ0n) is 12.0. The van der Waals surface area contributed by atoms with Gasteiger partial charge in [-0.05, 0) is 6.54 Å². The van der Waals surface area contributed by atoms with Crippen molar-refractivity contribution in [2.24, 2.45) is 7.05 Å². The molecule has 0 aliphatic rings. The topological polar surface area (TPSA) is 68.8 Å². The van der Waals surface area contributed by atoms with Crippen LogP contribution in [-0.4, -0.2) is 27.6 Å². The summed E-state index contributed by atoms with van der Waals surface area (Å²) in [7, 11) is 1.92. The Morgan fingerprint density at radius 2 is 2.11 bits per heavy atom. The Kier molecular flexibility index (Phi) is 5.83. The van der Waals surface area contributed by atoms with E-state index in [2.05, 4.69) is 27.1 Å². The van der Waals surface area contributed by atoms with Crippen LogP contribution in [0.5, 0.6) is 0 Å². The fourth-order valence-corrected chi connectivity index (χ4v) is 1.66. The van der Waals surface area contributed by atoms with Crippen LogP contribution in [0.3, 0.4) is 0 Å². The number of nitrogens with one attached hydrogen (secondary N) is 1. The maximum Gasteiger partial charge on any atom is 0.146 e. The van der Waals surface area contributed by atoms with Crippen molar-refractivity contribution < 1.29 is 0 Å². The number of aromatic nitrogens is 3. The first-order chi connectivity index (χ1) is 9.24. The van der Waals surface area contributed by atoms with Gasteiger partial charge in [-0.3, -0.25) is 0 Å². The fourth-order valence-electron chi connectivity index (χ4n) is 1.66. The van der Waals surface area contributed by atoms with Gasteiger partial charge >= 0.3 is 0 Å². The van der Waals surface area contributed by atoms with Crippen LogP contribution in [0, 0.1) is 11.8 Å². The van der Waals surface area contributed by atoms with Gasteiger partial charge in [0.2, 0.25) is 0 Å². The van der Waals surface area contributed by atoms with E-state index in [0.717, 1.165) is 23.1 Å². The zero-order valence-corrected chi connectivity index (χ0v) is 12.0. The number of nitrogen functional groups attached to an aromatic ring is 1. The van der Waals surface area contributed by atoms with Crippen LogP contribution >= 0.6 is 0 Å². The second kappa shape index (κ2) is 7.39. The van der Waals surface area contributed by atoms with Gasteiger partial charge in [0.15, 0.2) is 0 Å². The van der Waals surface area contributed by atoms with E-state index in [0.29, 0.717) is 12.4 Å². The summed E-state index contributed by atoms with van der Waals surface area (Å²) in [5.41, 5.74) is 7.54. The van der Waals surface area contributed by atoms with Crippen molar-refractivity contribution in [3.8, 4) is 11.8 Å². The molecule has 0 unspecified atom stereocenters. The summed E-state index contributed by atoms with van der Waals surface area (Å²) in [4.78, 5) is 8.19. The lowest BCUT2D eigenvalue weighted by molar-refractivity contribution is 0.811. The molecule has 2 heterocycles. The minimum atomic E-state index is 0.475. The average molecular weight is 259 g/mol. The summed E-state index contributed by atoms with van der Waals surface area (Å²) in [6.07, 6.45) is 3.39. The van der Waals surface area contributed by atoms with Crippen molar-refractivity contribution in [1.29, 1.82) is 0 Å². The molecule has 0 radical (unpaired) electrons. The number of aryl methyl sites for hydroxylation is 1. The molecular formula is C14H21N5. The number of rotatable bonds is 2. The van der Waals surface area contributed by atoms with Crippen LogP contribution in [0.4, 0.5) is 5.82 Å². The highest BCUT2D eigenvalue weighted by atomic mass is 15.0. The molecule has 0 atom stereocenters. The third kappa shape index (κ3) is 3.46. The summed E-state index contributed by atoms with van der Waals surface area (Å²) in [5.74, 6) is 6.62. The largest absolute Gasteiger partial charge is 0.383 e. The Morgan fingerprint density at radius 3 is 2.79 bits per heavy atom. The summed E-state index contributed by atoms with van der Waals surface area (Å²) in [6.45, 7) is 7.63. The molecule has 0 aromatic carbocycles. The van der Waals surface area contributed by atoms with E-state index in [9.17, 15) is 0 Å². The standard InChI is InChI=1S/C12H15N5.C2H6/c1-3-14-6-4-5-9-7-17(2)12-10(9)11(13)15-8-16-12;1-2/h7-8,14H,3,6H2,1-2H3,(H2,13,15,16);1-2H3. The summed E-state index contributed by atoms with van der Waals surface area (Å²) >= 11 is 0. The number of nitrogens with zero attached hydrogens (tertiary/aromatic N) is 3. The molecule has 0 bridgehead atoms. The van der Waals surface area contributed by atoms with E-state index in [-0.39, 0.29) is 0 Å². The van der Waals surface area contributed by atoms with E-state index >= 15 is 0 Å². The van der Waals surface area contributed by atoms with Gasteiger partial charge in [-0.25, -0.2) is 9.97 Å². The highest BCUT2D eigenvalue weighted by Crippen LogP contribution is 2.21. The van der Waals surface area contributed by atoms with Crippen LogP contribution in [0.1, 0.15) is 26.3 Å². The summed E-state index contributed by atoms with van der Waals surface area (Å²) < 4.78 is 1.91. The Bertz CT molecular complexity index is 589. The molecule has 102 valence electrons. The zero-order chi connectivity index (χ0) is 14.3. The number of hydrogen-bond acceptors (Lipinski definition) is 4. The van der Waals surface area contributed by atoms with E-state index in [1.165, 1.54) is 6.33 Å². The molecule has 0 fully saturated rings. The molecule has 2 aromatic heterocycles. The SMILES string of the molecule is CC.CCNCC#Cc1cn(C)c2ncnc(N)c12. The van der Waals surface area contributed by atoms with Crippen LogP contribution in [0.2, 0.25) is 0 Å². The Labute approximate surface area is 114 Å². The van der Waals surface area contributed by atoms with Gasteiger partial charge in [0, 0.05) is 13.2 Å². The molecule has 3 N–H and O–H groups in total. The molecule has 0 aliphatic heterocycles. The fraction of sp³-hybridized carbons (Fsp3) is 0.429. The first kappa shape index (κ1) is 15.0. The average Bonchev–Trinajstić information content (AvgIpc) is 2.76. The predicted molar refractivity (Wildman–Crippen MR) is 79.7 cm³/mol. The Balaban J connectivity index is 0.000000861. The molecule has 2 aromatic rings. The van der Waals surface area contributed by atoms with E-state index < -0.39 is 0 Å². The lowest BCUT2D eigenvalue weighted by Gasteiger charge is -1.95. The molecule has 0 aliphatic carbocycles. The van der Waals surface area contributed by atoms with Crippen LogP contribution < -0.4 is 11.1 Å². The maximum absolute atomic E-state index is 5.85. The molecule has 5 nitrogen and oxygen atoms in total. The minimum Gasteiger partial charge on any atom is -0.383 e. The van der Waals surface area contributed by atoms with Crippen molar-refractivity contribution in [2.75, 3.05) is 18.8 Å². The molecular weight excluding hydrogens is 238 g/mol. The second-order valence-corrected chi connectivity index (χ2v) is 3.69. The predicted octanol–water partition coefficient (Wildman–Crippen LogP) is 1.54. The van der Waals surface area contributed by atoms with Crippen molar-refractivity contribution >= 4 is 16.9 Å². The van der Waals surface area contributed by atoms with Gasteiger partial charge in [-0.15, -0.1) is 0 Å². The summed E-state index contributed by atoms with van der Waals surface area (Å²) in [6, 6.07) is 0. The van der Waals surface area contributed by atoms with E-state index in [4.69, 9.17) is 5.73 Å². The lowest BCUT2D eigenvalue weighted by Crippen LogP contribution is -2.11. The number of nitrogens with two attached hydrogens (primary N) is 1. The van der Waals surface area contributed by atoms with Crippen LogP contribution in [-0.2, 0) is 7.05 Å². The van der Waals surface area contributed by atoms with Gasteiger partial charge in [0.25, 0.3) is 0 Å². The maximum atomic E-state index is 5.85. The van der Waals surface area contributed by atoms with Crippen molar-refractivity contribution in [3.05, 3.63) is 18.1 Å². The highest BCUT2D eigenvalue weighted by Gasteiger charge is 2.09. The second-order valence-electron chi connectivity index (χ2n) is 3.69. The smallest absolute Gasteiger partial charge is 0.146 e. The van der Waals surface area contributed by atoms with E-state index in [1.807, 2.05) is 38.6 Å². The molecule has 0 amide bonds. The molecule has 0 spiro atoms. The molecule has 0 saturated heterocycles.